The highest BCUT2D eigenvalue weighted by Crippen LogP contribution is 2.53. The first kappa shape index (κ1) is 21.4. The van der Waals surface area contributed by atoms with Crippen LogP contribution in [0.5, 0.6) is 0 Å². The summed E-state index contributed by atoms with van der Waals surface area (Å²) in [5.74, 6) is 0.509. The Bertz CT molecular complexity index is 1280. The molecule has 0 radical (unpaired) electrons. The summed E-state index contributed by atoms with van der Waals surface area (Å²) in [7, 11) is 0. The van der Waals surface area contributed by atoms with Crippen LogP contribution in [0.25, 0.3) is 10.9 Å². The predicted octanol–water partition coefficient (Wildman–Crippen LogP) is 3.17. The number of nitriles is 1. The molecule has 2 amide bonds. The van der Waals surface area contributed by atoms with E-state index in [0.29, 0.717) is 17.2 Å². The largest absolute Gasteiger partial charge is 0.343 e. The van der Waals surface area contributed by atoms with E-state index in [1.54, 1.807) is 24.0 Å². The molecule has 1 saturated carbocycles. The van der Waals surface area contributed by atoms with Gasteiger partial charge in [-0.25, -0.2) is 0 Å². The van der Waals surface area contributed by atoms with Gasteiger partial charge >= 0.3 is 0 Å². The van der Waals surface area contributed by atoms with Crippen LogP contribution in [0, 0.1) is 18.3 Å². The number of fused-ring (bicyclic) bond motifs is 1. The minimum absolute atomic E-state index is 0.0752. The van der Waals surface area contributed by atoms with E-state index < -0.39 is 6.04 Å². The third-order valence-electron chi connectivity index (χ3n) is 6.50. The van der Waals surface area contributed by atoms with Gasteiger partial charge in [0.2, 0.25) is 5.91 Å². The maximum absolute atomic E-state index is 13.0. The molecule has 33 heavy (non-hydrogen) atoms. The monoisotopic (exact) mass is 457 g/mol. The zero-order valence-corrected chi connectivity index (χ0v) is 19.1. The number of aryl methyl sites for hydroxylation is 1. The number of pyridine rings is 2. The van der Waals surface area contributed by atoms with Gasteiger partial charge in [-0.1, -0.05) is 12.1 Å². The lowest BCUT2D eigenvalue weighted by Crippen LogP contribution is -2.42. The highest BCUT2D eigenvalue weighted by molar-refractivity contribution is 7.99. The second-order valence-corrected chi connectivity index (χ2v) is 9.55. The average molecular weight is 458 g/mol. The van der Waals surface area contributed by atoms with Crippen LogP contribution < -0.4 is 5.32 Å². The summed E-state index contributed by atoms with van der Waals surface area (Å²) in [6, 6.07) is 13.6. The lowest BCUT2D eigenvalue weighted by Gasteiger charge is -2.19. The molecule has 7 nitrogen and oxygen atoms in total. The SMILES string of the molecule is Cc1ccc(C2(c3ccc4nccc(C(=O)NCC(=O)N5CSC[C@H]5C#N)c4c3)CC2)cn1. The van der Waals surface area contributed by atoms with Crippen molar-refractivity contribution < 1.29 is 9.59 Å². The summed E-state index contributed by atoms with van der Waals surface area (Å²) in [6.07, 6.45) is 5.62. The van der Waals surface area contributed by atoms with Gasteiger partial charge in [0.25, 0.3) is 5.91 Å². The number of thioether (sulfide) groups is 1. The highest BCUT2D eigenvalue weighted by atomic mass is 32.2. The number of aromatic nitrogens is 2. The summed E-state index contributed by atoms with van der Waals surface area (Å²) in [6.45, 7) is 1.84. The van der Waals surface area contributed by atoms with Crippen molar-refractivity contribution in [3.8, 4) is 6.07 Å². The smallest absolute Gasteiger partial charge is 0.252 e. The Morgan fingerprint density at radius 3 is 2.76 bits per heavy atom. The van der Waals surface area contributed by atoms with Crippen LogP contribution >= 0.6 is 11.8 Å². The number of hydrogen-bond donors (Lipinski definition) is 1. The van der Waals surface area contributed by atoms with Gasteiger partial charge in [0.1, 0.15) is 6.04 Å². The Morgan fingerprint density at radius 2 is 2.03 bits per heavy atom. The summed E-state index contributed by atoms with van der Waals surface area (Å²) < 4.78 is 0. The van der Waals surface area contributed by atoms with E-state index in [-0.39, 0.29) is 23.8 Å². The molecule has 166 valence electrons. The van der Waals surface area contributed by atoms with Gasteiger partial charge in [0.05, 0.1) is 29.6 Å². The van der Waals surface area contributed by atoms with Gasteiger partial charge in [-0.3, -0.25) is 19.6 Å². The molecule has 1 aliphatic carbocycles. The lowest BCUT2D eigenvalue weighted by molar-refractivity contribution is -0.129. The molecule has 2 aliphatic rings. The highest BCUT2D eigenvalue weighted by Gasteiger charge is 2.46. The molecular weight excluding hydrogens is 434 g/mol. The van der Waals surface area contributed by atoms with Gasteiger partial charge in [-0.2, -0.15) is 5.26 Å². The maximum Gasteiger partial charge on any atom is 0.252 e. The van der Waals surface area contributed by atoms with Crippen LogP contribution in [0.3, 0.4) is 0 Å². The number of nitrogens with zero attached hydrogens (tertiary/aromatic N) is 4. The molecule has 1 N–H and O–H groups in total. The molecule has 1 saturated heterocycles. The Kier molecular flexibility index (Phi) is 5.51. The molecule has 8 heteroatoms. The van der Waals surface area contributed by atoms with Gasteiger partial charge < -0.3 is 10.2 Å². The Labute approximate surface area is 196 Å². The number of rotatable bonds is 5. The molecule has 3 heterocycles. The fourth-order valence-electron chi connectivity index (χ4n) is 4.41. The molecule has 1 aromatic carbocycles. The zero-order valence-electron chi connectivity index (χ0n) is 18.2. The van der Waals surface area contributed by atoms with Crippen molar-refractivity contribution in [2.75, 3.05) is 18.2 Å². The van der Waals surface area contributed by atoms with Crippen molar-refractivity contribution in [1.82, 2.24) is 20.2 Å². The topological polar surface area (TPSA) is 99.0 Å². The number of carbonyl (C=O) groups excluding carboxylic acids is 2. The number of amides is 2. The first-order chi connectivity index (χ1) is 16.0. The van der Waals surface area contributed by atoms with Crippen molar-refractivity contribution in [3.63, 3.8) is 0 Å². The average Bonchev–Trinajstić information content (AvgIpc) is 3.51. The fourth-order valence-corrected chi connectivity index (χ4v) is 5.51. The van der Waals surface area contributed by atoms with E-state index in [1.165, 1.54) is 10.5 Å². The standard InChI is InChI=1S/C25H23N5O2S/c1-16-2-3-18(12-28-16)25(7-8-25)17-4-5-22-21(10-17)20(6-9-27-22)24(32)29-13-23(31)30-15-33-14-19(30)11-26/h2-6,9-10,12,19H,7-8,13-15H2,1H3,(H,29,32)/t19-/m1/s1. The fraction of sp³-hybridized carbons (Fsp3) is 0.320. The second kappa shape index (κ2) is 8.49. The van der Waals surface area contributed by atoms with Crippen LogP contribution in [0.15, 0.2) is 48.8 Å². The van der Waals surface area contributed by atoms with E-state index in [0.717, 1.165) is 35.0 Å². The number of carbonyl (C=O) groups is 2. The van der Waals surface area contributed by atoms with E-state index >= 15 is 0 Å². The molecule has 5 rings (SSSR count). The third-order valence-corrected chi connectivity index (χ3v) is 7.52. The van der Waals surface area contributed by atoms with Gasteiger partial charge in [-0.05, 0) is 55.2 Å². The first-order valence-electron chi connectivity index (χ1n) is 10.9. The van der Waals surface area contributed by atoms with Crippen LogP contribution in [-0.4, -0.2) is 50.9 Å². The van der Waals surface area contributed by atoms with Gasteiger partial charge in [0.15, 0.2) is 0 Å². The number of benzene rings is 1. The van der Waals surface area contributed by atoms with Crippen LogP contribution in [0.2, 0.25) is 0 Å². The van der Waals surface area contributed by atoms with Crippen molar-refractivity contribution in [2.45, 2.75) is 31.2 Å². The van der Waals surface area contributed by atoms with Crippen molar-refractivity contribution in [2.24, 2.45) is 0 Å². The minimum atomic E-state index is -0.435. The summed E-state index contributed by atoms with van der Waals surface area (Å²) in [5.41, 5.74) is 4.46. The number of nitrogens with one attached hydrogen (secondary N) is 1. The Balaban J connectivity index is 1.40. The van der Waals surface area contributed by atoms with Crippen LogP contribution in [0.1, 0.15) is 40.0 Å². The Hall–Kier alpha value is -3.44. The molecule has 0 bridgehead atoms. The molecule has 2 fully saturated rings. The van der Waals surface area contributed by atoms with E-state index in [1.807, 2.05) is 25.3 Å². The zero-order chi connectivity index (χ0) is 23.0. The second-order valence-electron chi connectivity index (χ2n) is 8.55. The molecular formula is C25H23N5O2S. The van der Waals surface area contributed by atoms with Crippen LogP contribution in [0.4, 0.5) is 0 Å². The van der Waals surface area contributed by atoms with Gasteiger partial charge in [-0.15, -0.1) is 11.8 Å². The van der Waals surface area contributed by atoms with Gasteiger partial charge in [0, 0.05) is 34.6 Å². The number of hydrogen-bond acceptors (Lipinski definition) is 6. The predicted molar refractivity (Wildman–Crippen MR) is 127 cm³/mol. The Morgan fingerprint density at radius 1 is 1.21 bits per heavy atom. The van der Waals surface area contributed by atoms with Crippen molar-refractivity contribution >= 4 is 34.5 Å². The summed E-state index contributed by atoms with van der Waals surface area (Å²) >= 11 is 1.54. The van der Waals surface area contributed by atoms with Crippen LogP contribution in [-0.2, 0) is 10.2 Å². The van der Waals surface area contributed by atoms with Crippen molar-refractivity contribution in [1.29, 1.82) is 5.26 Å². The third kappa shape index (κ3) is 3.93. The minimum Gasteiger partial charge on any atom is -0.343 e. The molecule has 1 aliphatic heterocycles. The molecule has 3 aromatic rings. The van der Waals surface area contributed by atoms with E-state index in [9.17, 15) is 14.9 Å². The molecule has 0 unspecified atom stereocenters. The van der Waals surface area contributed by atoms with E-state index in [4.69, 9.17) is 0 Å². The molecule has 0 spiro atoms. The summed E-state index contributed by atoms with van der Waals surface area (Å²) in [4.78, 5) is 35.9. The maximum atomic E-state index is 13.0. The normalized spacial score (nSPS) is 18.7. The molecule has 2 aromatic heterocycles. The van der Waals surface area contributed by atoms with Crippen molar-refractivity contribution in [3.05, 3.63) is 71.2 Å². The first-order valence-corrected chi connectivity index (χ1v) is 12.0. The quantitative estimate of drug-likeness (QED) is 0.632. The van der Waals surface area contributed by atoms with E-state index in [2.05, 4.69) is 39.6 Å². The summed E-state index contributed by atoms with van der Waals surface area (Å²) in [5, 5.41) is 12.7. The lowest BCUT2D eigenvalue weighted by atomic mass is 9.87. The molecule has 1 atom stereocenters.